The quantitative estimate of drug-likeness (QED) is 0.547. The maximum absolute atomic E-state index is 5.89. The minimum absolute atomic E-state index is 0.161. The zero-order valence-corrected chi connectivity index (χ0v) is 17.8. The average Bonchev–Trinajstić information content (AvgIpc) is 3.45. The zero-order valence-electron chi connectivity index (χ0n) is 16.1. The molecule has 1 saturated heterocycles. The highest BCUT2D eigenvalue weighted by Crippen LogP contribution is 2.69. The molecule has 3 heterocycles. The molecule has 0 N–H and O–H groups in total. The molecule has 2 unspecified atom stereocenters. The highest BCUT2D eigenvalue weighted by Gasteiger charge is 2.61. The first kappa shape index (κ1) is 17.6. The summed E-state index contributed by atoms with van der Waals surface area (Å²) in [5.41, 5.74) is 4.92. The highest BCUT2D eigenvalue weighted by atomic mass is 32.2. The molecule has 1 radical (unpaired) electrons. The number of rotatable bonds is 2. The molecule has 0 bridgehead atoms. The van der Waals surface area contributed by atoms with E-state index in [0.29, 0.717) is 0 Å². The van der Waals surface area contributed by atoms with E-state index in [1.807, 2.05) is 23.5 Å². The standard InChI is InChI=1S/C24H18BO2S2/c1-23-17(13-19(28-23)15-9-5-3-6-10-15)21-22(27-25-26-21)18-14-20(29-24(18,23)2)16-11-7-4-8-12-16/h3-14H,1-2H3. The molecule has 3 aliphatic heterocycles. The molecule has 2 aromatic carbocycles. The van der Waals surface area contributed by atoms with Crippen LogP contribution in [0.5, 0.6) is 0 Å². The summed E-state index contributed by atoms with van der Waals surface area (Å²) < 4.78 is 11.5. The van der Waals surface area contributed by atoms with Crippen LogP contribution in [0, 0.1) is 0 Å². The number of thioether (sulfide) groups is 2. The molecular formula is C24H18BO2S2. The van der Waals surface area contributed by atoms with Gasteiger partial charge in [0.05, 0.1) is 9.49 Å². The van der Waals surface area contributed by atoms with Crippen molar-refractivity contribution in [3.05, 3.63) is 107 Å². The summed E-state index contributed by atoms with van der Waals surface area (Å²) in [5, 5.41) is 0. The van der Waals surface area contributed by atoms with Crippen LogP contribution in [0.2, 0.25) is 0 Å². The van der Waals surface area contributed by atoms with Crippen LogP contribution in [0.1, 0.15) is 25.0 Å². The van der Waals surface area contributed by atoms with Crippen LogP contribution in [-0.2, 0) is 9.31 Å². The van der Waals surface area contributed by atoms with Crippen molar-refractivity contribution in [3.63, 3.8) is 0 Å². The van der Waals surface area contributed by atoms with E-state index in [4.69, 9.17) is 9.31 Å². The van der Waals surface area contributed by atoms with E-state index in [-0.39, 0.29) is 9.49 Å². The Kier molecular flexibility index (Phi) is 3.72. The zero-order chi connectivity index (χ0) is 19.6. The van der Waals surface area contributed by atoms with E-state index in [1.165, 1.54) is 39.8 Å². The SMILES string of the molecule is CC12SC(c3ccccc3)=CC1=C1O[B]OC1=C1C=C(c3ccccc3)SC12C. The average molecular weight is 413 g/mol. The predicted octanol–water partition coefficient (Wildman–Crippen LogP) is 6.18. The fourth-order valence-electron chi connectivity index (χ4n) is 4.51. The summed E-state index contributed by atoms with van der Waals surface area (Å²) >= 11 is 3.87. The number of benzene rings is 2. The van der Waals surface area contributed by atoms with Crippen molar-refractivity contribution >= 4 is 41.0 Å². The van der Waals surface area contributed by atoms with Crippen LogP contribution < -0.4 is 0 Å². The van der Waals surface area contributed by atoms with Gasteiger partial charge in [0.25, 0.3) is 0 Å². The van der Waals surface area contributed by atoms with Crippen molar-refractivity contribution < 1.29 is 9.31 Å². The second-order valence-corrected chi connectivity index (χ2v) is 10.8. The molecule has 2 nitrogen and oxygen atoms in total. The van der Waals surface area contributed by atoms with Gasteiger partial charge in [0.1, 0.15) is 11.5 Å². The molecule has 1 fully saturated rings. The number of hydrogen-bond donors (Lipinski definition) is 0. The number of allylic oxidation sites excluding steroid dienone is 2. The summed E-state index contributed by atoms with van der Waals surface area (Å²) in [5.74, 6) is 1.73. The Morgan fingerprint density at radius 1 is 0.655 bits per heavy atom. The summed E-state index contributed by atoms with van der Waals surface area (Å²) in [7, 11) is 1.47. The third-order valence-electron chi connectivity index (χ3n) is 6.26. The van der Waals surface area contributed by atoms with E-state index in [1.54, 1.807) is 0 Å². The van der Waals surface area contributed by atoms with Gasteiger partial charge in [-0.15, -0.1) is 23.5 Å². The fourth-order valence-corrected chi connectivity index (χ4v) is 7.63. The van der Waals surface area contributed by atoms with Gasteiger partial charge in [-0.2, -0.15) is 0 Å². The van der Waals surface area contributed by atoms with E-state index in [2.05, 4.69) is 86.7 Å². The lowest BCUT2D eigenvalue weighted by molar-refractivity contribution is 0.449. The van der Waals surface area contributed by atoms with E-state index >= 15 is 0 Å². The molecule has 0 amide bonds. The molecular weight excluding hydrogens is 395 g/mol. The minimum Gasteiger partial charge on any atom is -0.523 e. The van der Waals surface area contributed by atoms with Gasteiger partial charge in [-0.05, 0) is 37.1 Å². The molecule has 0 spiro atoms. The van der Waals surface area contributed by atoms with Crippen LogP contribution >= 0.6 is 23.5 Å². The Morgan fingerprint density at radius 2 is 1.07 bits per heavy atom. The lowest BCUT2D eigenvalue weighted by atomic mass is 9.76. The second-order valence-electron chi connectivity index (χ2n) is 7.84. The monoisotopic (exact) mass is 413 g/mol. The maximum Gasteiger partial charge on any atom is 0.658 e. The van der Waals surface area contributed by atoms with Crippen LogP contribution in [-0.4, -0.2) is 17.2 Å². The first-order chi connectivity index (χ1) is 14.1. The molecule has 0 saturated carbocycles. The Hall–Kier alpha value is -2.24. The van der Waals surface area contributed by atoms with Crippen LogP contribution in [0.3, 0.4) is 0 Å². The minimum atomic E-state index is -0.161. The number of hydrogen-bond acceptors (Lipinski definition) is 4. The molecule has 141 valence electrons. The van der Waals surface area contributed by atoms with Gasteiger partial charge in [0, 0.05) is 21.0 Å². The lowest BCUT2D eigenvalue weighted by Gasteiger charge is -2.45. The molecule has 2 atom stereocenters. The largest absolute Gasteiger partial charge is 0.658 e. The Bertz CT molecular complexity index is 1060. The van der Waals surface area contributed by atoms with Gasteiger partial charge in [-0.25, -0.2) is 0 Å². The van der Waals surface area contributed by atoms with Gasteiger partial charge in [0.15, 0.2) is 0 Å². The molecule has 5 heteroatoms. The predicted molar refractivity (Wildman–Crippen MR) is 123 cm³/mol. The van der Waals surface area contributed by atoms with Crippen LogP contribution in [0.25, 0.3) is 9.81 Å². The van der Waals surface area contributed by atoms with E-state index in [9.17, 15) is 0 Å². The first-order valence-electron chi connectivity index (χ1n) is 9.67. The molecule has 6 rings (SSSR count). The van der Waals surface area contributed by atoms with Crippen molar-refractivity contribution in [3.8, 4) is 0 Å². The van der Waals surface area contributed by atoms with Crippen LogP contribution in [0.4, 0.5) is 0 Å². The Labute approximate surface area is 180 Å². The smallest absolute Gasteiger partial charge is 0.523 e. The van der Waals surface area contributed by atoms with Gasteiger partial charge in [-0.1, -0.05) is 60.7 Å². The summed E-state index contributed by atoms with van der Waals surface area (Å²) in [6.07, 6.45) is 4.59. The van der Waals surface area contributed by atoms with Crippen molar-refractivity contribution in [1.29, 1.82) is 0 Å². The van der Waals surface area contributed by atoms with Crippen molar-refractivity contribution in [2.75, 3.05) is 0 Å². The molecule has 4 aliphatic rings. The van der Waals surface area contributed by atoms with E-state index < -0.39 is 0 Å². The second kappa shape index (κ2) is 6.13. The van der Waals surface area contributed by atoms with Gasteiger partial charge in [0.2, 0.25) is 0 Å². The lowest BCUT2D eigenvalue weighted by Crippen LogP contribution is -2.47. The van der Waals surface area contributed by atoms with Gasteiger partial charge in [-0.3, -0.25) is 0 Å². The summed E-state index contributed by atoms with van der Waals surface area (Å²) in [6, 6.07) is 21.2. The van der Waals surface area contributed by atoms with Crippen LogP contribution in [0.15, 0.2) is 95.5 Å². The highest BCUT2D eigenvalue weighted by molar-refractivity contribution is 8.14. The molecule has 1 aliphatic carbocycles. The Balaban J connectivity index is 1.52. The Morgan fingerprint density at radius 3 is 1.48 bits per heavy atom. The van der Waals surface area contributed by atoms with Crippen molar-refractivity contribution in [2.24, 2.45) is 0 Å². The maximum atomic E-state index is 5.89. The molecule has 29 heavy (non-hydrogen) atoms. The van der Waals surface area contributed by atoms with Gasteiger partial charge < -0.3 is 9.31 Å². The first-order valence-corrected chi connectivity index (χ1v) is 11.3. The third-order valence-corrected chi connectivity index (χ3v) is 9.61. The molecule has 2 aromatic rings. The number of fused-ring (bicyclic) bond motifs is 4. The van der Waals surface area contributed by atoms with Crippen molar-refractivity contribution in [2.45, 2.75) is 23.3 Å². The normalized spacial score (nSPS) is 29.3. The van der Waals surface area contributed by atoms with Gasteiger partial charge >= 0.3 is 7.69 Å². The summed E-state index contributed by atoms with van der Waals surface area (Å²) in [4.78, 5) is 2.56. The topological polar surface area (TPSA) is 18.5 Å². The summed E-state index contributed by atoms with van der Waals surface area (Å²) in [6.45, 7) is 4.69. The fraction of sp³-hybridized carbons (Fsp3) is 0.167. The van der Waals surface area contributed by atoms with Crippen molar-refractivity contribution in [1.82, 2.24) is 0 Å². The van der Waals surface area contributed by atoms with E-state index in [0.717, 1.165) is 11.5 Å². The third kappa shape index (κ3) is 2.35. The molecule has 0 aromatic heterocycles.